The molecule has 2 aromatic heterocycles. The average Bonchev–Trinajstić information content (AvgIpc) is 3.07. The molecule has 6 heteroatoms. The normalized spacial score (nSPS) is 18.2. The van der Waals surface area contributed by atoms with E-state index >= 15 is 0 Å². The van der Waals surface area contributed by atoms with Crippen molar-refractivity contribution in [2.45, 2.75) is 46.0 Å². The highest BCUT2D eigenvalue weighted by Gasteiger charge is 2.29. The zero-order valence-corrected chi connectivity index (χ0v) is 16.0. The van der Waals surface area contributed by atoms with Crippen LogP contribution in [0.2, 0.25) is 0 Å². The summed E-state index contributed by atoms with van der Waals surface area (Å²) in [4.78, 5) is 19.7. The fourth-order valence-electron chi connectivity index (χ4n) is 3.79. The second kappa shape index (κ2) is 7.02. The first-order chi connectivity index (χ1) is 11.8. The summed E-state index contributed by atoms with van der Waals surface area (Å²) in [5.74, 6) is 2.00. The molecule has 3 rings (SSSR count). The standard InChI is InChI=1S/C19H29N5O/c1-13(2)9-16-10-17(23(5)21-16)19(25)24-8-6-7-15(12-24)18-20-14(3)11-22(18)4/h10-11,13,15H,6-9,12H2,1-5H3. The van der Waals surface area contributed by atoms with Gasteiger partial charge in [0.05, 0.1) is 11.4 Å². The molecule has 1 amide bonds. The molecule has 6 nitrogen and oxygen atoms in total. The third kappa shape index (κ3) is 3.78. The minimum absolute atomic E-state index is 0.0839. The zero-order chi connectivity index (χ0) is 18.1. The summed E-state index contributed by atoms with van der Waals surface area (Å²) in [5.41, 5.74) is 2.72. The number of carbonyl (C=O) groups excluding carboxylic acids is 1. The number of piperidine rings is 1. The van der Waals surface area contributed by atoms with E-state index in [0.29, 0.717) is 17.5 Å². The van der Waals surface area contributed by atoms with Crippen molar-refractivity contribution in [1.82, 2.24) is 24.2 Å². The molecule has 0 saturated carbocycles. The molecule has 1 fully saturated rings. The molecule has 0 aromatic carbocycles. The highest BCUT2D eigenvalue weighted by molar-refractivity contribution is 5.92. The van der Waals surface area contributed by atoms with E-state index in [9.17, 15) is 4.79 Å². The molecule has 1 atom stereocenters. The Bertz CT molecular complexity index is 758. The highest BCUT2D eigenvalue weighted by Crippen LogP contribution is 2.27. The second-order valence-electron chi connectivity index (χ2n) is 7.68. The number of rotatable bonds is 4. The van der Waals surface area contributed by atoms with Gasteiger partial charge < -0.3 is 9.47 Å². The smallest absolute Gasteiger partial charge is 0.272 e. The van der Waals surface area contributed by atoms with E-state index in [-0.39, 0.29) is 5.91 Å². The van der Waals surface area contributed by atoms with Crippen molar-refractivity contribution in [3.05, 3.63) is 35.2 Å². The molecule has 0 bridgehead atoms. The van der Waals surface area contributed by atoms with Crippen molar-refractivity contribution in [1.29, 1.82) is 0 Å². The van der Waals surface area contributed by atoms with Crippen LogP contribution in [-0.4, -0.2) is 43.2 Å². The topological polar surface area (TPSA) is 56.0 Å². The lowest BCUT2D eigenvalue weighted by Crippen LogP contribution is -2.40. The SMILES string of the molecule is Cc1cn(C)c(C2CCCN(C(=O)c3cc(CC(C)C)nn3C)C2)n1. The van der Waals surface area contributed by atoms with Gasteiger partial charge in [0, 0.05) is 39.3 Å². The Morgan fingerprint density at radius 3 is 2.76 bits per heavy atom. The Kier molecular flexibility index (Phi) is 4.97. The van der Waals surface area contributed by atoms with Crippen molar-refractivity contribution in [3.63, 3.8) is 0 Å². The van der Waals surface area contributed by atoms with Crippen molar-refractivity contribution in [2.24, 2.45) is 20.0 Å². The number of carbonyl (C=O) groups is 1. The molecular weight excluding hydrogens is 314 g/mol. The molecule has 3 heterocycles. The minimum Gasteiger partial charge on any atom is -0.337 e. The van der Waals surface area contributed by atoms with Crippen LogP contribution in [-0.2, 0) is 20.5 Å². The largest absolute Gasteiger partial charge is 0.337 e. The van der Waals surface area contributed by atoms with Gasteiger partial charge in [0.1, 0.15) is 11.5 Å². The molecule has 0 N–H and O–H groups in total. The number of nitrogens with zero attached hydrogens (tertiary/aromatic N) is 5. The van der Waals surface area contributed by atoms with Crippen LogP contribution in [0.25, 0.3) is 0 Å². The third-order valence-corrected chi connectivity index (χ3v) is 4.87. The van der Waals surface area contributed by atoms with E-state index < -0.39 is 0 Å². The molecule has 2 aromatic rings. The zero-order valence-electron chi connectivity index (χ0n) is 16.0. The van der Waals surface area contributed by atoms with Crippen molar-refractivity contribution < 1.29 is 4.79 Å². The van der Waals surface area contributed by atoms with E-state index in [0.717, 1.165) is 49.6 Å². The van der Waals surface area contributed by atoms with Crippen LogP contribution in [0.3, 0.4) is 0 Å². The van der Waals surface area contributed by atoms with Crippen LogP contribution < -0.4 is 0 Å². The number of hydrogen-bond acceptors (Lipinski definition) is 3. The Hall–Kier alpha value is -2.11. The van der Waals surface area contributed by atoms with Crippen LogP contribution in [0, 0.1) is 12.8 Å². The van der Waals surface area contributed by atoms with E-state index in [1.165, 1.54) is 0 Å². The van der Waals surface area contributed by atoms with Gasteiger partial charge in [-0.25, -0.2) is 4.98 Å². The van der Waals surface area contributed by atoms with E-state index in [2.05, 4.69) is 34.7 Å². The predicted octanol–water partition coefficient (Wildman–Crippen LogP) is 2.68. The minimum atomic E-state index is 0.0839. The molecule has 1 aliphatic heterocycles. The lowest BCUT2D eigenvalue weighted by molar-refractivity contribution is 0.0692. The maximum atomic E-state index is 13.0. The van der Waals surface area contributed by atoms with Crippen molar-refractivity contribution in [3.8, 4) is 0 Å². The molecule has 1 unspecified atom stereocenters. The second-order valence-corrected chi connectivity index (χ2v) is 7.68. The molecule has 136 valence electrons. The average molecular weight is 343 g/mol. The van der Waals surface area contributed by atoms with E-state index in [1.54, 1.807) is 4.68 Å². The molecule has 0 aliphatic carbocycles. The number of amides is 1. The Labute approximate surface area is 149 Å². The van der Waals surface area contributed by atoms with Gasteiger partial charge in [-0.15, -0.1) is 0 Å². The summed E-state index contributed by atoms with van der Waals surface area (Å²) in [6.07, 6.45) is 5.04. The third-order valence-electron chi connectivity index (χ3n) is 4.87. The monoisotopic (exact) mass is 343 g/mol. The van der Waals surface area contributed by atoms with Gasteiger partial charge in [-0.05, 0) is 38.2 Å². The summed E-state index contributed by atoms with van der Waals surface area (Å²) >= 11 is 0. The quantitative estimate of drug-likeness (QED) is 0.858. The van der Waals surface area contributed by atoms with Gasteiger partial charge in [-0.1, -0.05) is 13.8 Å². The Morgan fingerprint density at radius 2 is 2.12 bits per heavy atom. The predicted molar refractivity (Wildman–Crippen MR) is 97.6 cm³/mol. The van der Waals surface area contributed by atoms with Gasteiger partial charge >= 0.3 is 0 Å². The van der Waals surface area contributed by atoms with Gasteiger partial charge in [0.25, 0.3) is 5.91 Å². The van der Waals surface area contributed by atoms with Gasteiger partial charge in [-0.3, -0.25) is 9.48 Å². The summed E-state index contributed by atoms with van der Waals surface area (Å²) in [7, 11) is 3.90. The number of aryl methyl sites for hydroxylation is 3. The Balaban J connectivity index is 1.76. The Morgan fingerprint density at radius 1 is 1.36 bits per heavy atom. The fourth-order valence-corrected chi connectivity index (χ4v) is 3.79. The van der Waals surface area contributed by atoms with Crippen molar-refractivity contribution >= 4 is 5.91 Å². The lowest BCUT2D eigenvalue weighted by Gasteiger charge is -2.32. The number of imidazole rings is 1. The summed E-state index contributed by atoms with van der Waals surface area (Å²) < 4.78 is 3.83. The maximum absolute atomic E-state index is 13.0. The molecule has 0 spiro atoms. The van der Waals surface area contributed by atoms with E-state index in [4.69, 9.17) is 0 Å². The van der Waals surface area contributed by atoms with Gasteiger partial charge in [-0.2, -0.15) is 5.10 Å². The fraction of sp³-hybridized carbons (Fsp3) is 0.632. The van der Waals surface area contributed by atoms with E-state index in [1.807, 2.05) is 32.0 Å². The molecule has 25 heavy (non-hydrogen) atoms. The number of hydrogen-bond donors (Lipinski definition) is 0. The number of aromatic nitrogens is 4. The summed E-state index contributed by atoms with van der Waals surface area (Å²) in [6.45, 7) is 7.89. The maximum Gasteiger partial charge on any atom is 0.272 e. The first-order valence-corrected chi connectivity index (χ1v) is 9.17. The molecular formula is C19H29N5O. The van der Waals surface area contributed by atoms with Crippen molar-refractivity contribution in [2.75, 3.05) is 13.1 Å². The van der Waals surface area contributed by atoms with Gasteiger partial charge in [0.15, 0.2) is 0 Å². The molecule has 1 saturated heterocycles. The number of likely N-dealkylation sites (tertiary alicyclic amines) is 1. The molecule has 0 radical (unpaired) electrons. The molecule has 1 aliphatic rings. The first kappa shape index (κ1) is 17.7. The van der Waals surface area contributed by atoms with Crippen LogP contribution in [0.15, 0.2) is 12.3 Å². The summed E-state index contributed by atoms with van der Waals surface area (Å²) in [6, 6.07) is 1.96. The lowest BCUT2D eigenvalue weighted by atomic mass is 9.97. The summed E-state index contributed by atoms with van der Waals surface area (Å²) in [5, 5.41) is 4.51. The first-order valence-electron chi connectivity index (χ1n) is 9.17. The van der Waals surface area contributed by atoms with Crippen LogP contribution in [0.4, 0.5) is 0 Å². The highest BCUT2D eigenvalue weighted by atomic mass is 16.2. The van der Waals surface area contributed by atoms with Crippen LogP contribution in [0.1, 0.15) is 60.3 Å². The van der Waals surface area contributed by atoms with Gasteiger partial charge in [0.2, 0.25) is 0 Å². The van der Waals surface area contributed by atoms with Crippen LogP contribution >= 0.6 is 0 Å². The van der Waals surface area contributed by atoms with Crippen LogP contribution in [0.5, 0.6) is 0 Å².